The molecule has 0 nitrogen and oxygen atoms in total. The van der Waals surface area contributed by atoms with Crippen molar-refractivity contribution in [2.24, 2.45) is 0 Å². The van der Waals surface area contributed by atoms with E-state index in [0.29, 0.717) is 0 Å². The molecule has 91 valence electrons. The fraction of sp³-hybridized carbons (Fsp3) is 0.562. The fourth-order valence-electron chi connectivity index (χ4n) is 1.43. The Kier molecular flexibility index (Phi) is 13.5. The maximum atomic E-state index is 3.83. The van der Waals surface area contributed by atoms with Crippen molar-refractivity contribution in [3.8, 4) is 0 Å². The van der Waals surface area contributed by atoms with Gasteiger partial charge in [0.25, 0.3) is 0 Å². The highest BCUT2D eigenvalue weighted by Crippen LogP contribution is 2.00. The number of allylic oxidation sites excluding steroid dienone is 6. The van der Waals surface area contributed by atoms with Crippen molar-refractivity contribution in [3.63, 3.8) is 0 Å². The first kappa shape index (κ1) is 15.2. The monoisotopic (exact) mass is 219 g/mol. The summed E-state index contributed by atoms with van der Waals surface area (Å²) in [6.07, 6.45) is 22.9. The van der Waals surface area contributed by atoms with E-state index in [1.54, 1.807) is 0 Å². The van der Waals surface area contributed by atoms with Crippen LogP contribution in [-0.4, -0.2) is 0 Å². The largest absolute Gasteiger partial charge is 0.0845 e. The molecule has 0 aliphatic rings. The summed E-state index contributed by atoms with van der Waals surface area (Å²) in [5.41, 5.74) is 0. The fourth-order valence-corrected chi connectivity index (χ4v) is 1.43. The molecule has 0 spiro atoms. The van der Waals surface area contributed by atoms with Gasteiger partial charge in [-0.15, -0.1) is 0 Å². The molecule has 0 saturated carbocycles. The molecule has 0 aromatic rings. The first-order valence-electron chi connectivity index (χ1n) is 6.69. The van der Waals surface area contributed by atoms with E-state index in [0.717, 1.165) is 6.42 Å². The summed E-state index contributed by atoms with van der Waals surface area (Å²) in [6.45, 7) is 6.07. The van der Waals surface area contributed by atoms with E-state index in [1.165, 1.54) is 44.9 Å². The Balaban J connectivity index is 3.31. The highest BCUT2D eigenvalue weighted by Gasteiger charge is 1.80. The number of unbranched alkanes of at least 4 members (excludes halogenated alkanes) is 6. The minimum absolute atomic E-state index is 1.06. The molecule has 0 saturated heterocycles. The molecule has 16 heavy (non-hydrogen) atoms. The minimum Gasteiger partial charge on any atom is -0.0845 e. The number of rotatable bonds is 10. The average Bonchev–Trinajstić information content (AvgIpc) is 2.31. The van der Waals surface area contributed by atoms with E-state index in [2.05, 4.69) is 50.3 Å². The summed E-state index contributed by atoms with van der Waals surface area (Å²) < 4.78 is 0. The molecule has 0 fully saturated rings. The van der Waals surface area contributed by atoms with Crippen molar-refractivity contribution in [1.82, 2.24) is 0 Å². The smallest absolute Gasteiger partial charge is 0.0348 e. The van der Waals surface area contributed by atoms with Crippen LogP contribution in [0.4, 0.5) is 0 Å². The maximum Gasteiger partial charge on any atom is -0.0348 e. The third-order valence-corrected chi connectivity index (χ3v) is 2.45. The lowest BCUT2D eigenvalue weighted by Crippen LogP contribution is -1.70. The number of hydrogen-bond acceptors (Lipinski definition) is 0. The SMILES string of the molecule is [CH2]CCCC/C=C/C=C/C=C\CCCCC. The Hall–Kier alpha value is -0.780. The second kappa shape index (κ2) is 14.2. The zero-order valence-electron chi connectivity index (χ0n) is 10.8. The lowest BCUT2D eigenvalue weighted by atomic mass is 10.2. The minimum atomic E-state index is 1.06. The third kappa shape index (κ3) is 13.2. The average molecular weight is 219 g/mol. The molecule has 0 aliphatic carbocycles. The van der Waals surface area contributed by atoms with Crippen LogP contribution in [0, 0.1) is 6.92 Å². The van der Waals surface area contributed by atoms with Crippen LogP contribution in [0.15, 0.2) is 36.5 Å². The van der Waals surface area contributed by atoms with Crippen LogP contribution in [0.5, 0.6) is 0 Å². The van der Waals surface area contributed by atoms with E-state index in [4.69, 9.17) is 0 Å². The van der Waals surface area contributed by atoms with Gasteiger partial charge in [0.05, 0.1) is 0 Å². The summed E-state index contributed by atoms with van der Waals surface area (Å²) in [5.74, 6) is 0. The molecule has 0 aliphatic heterocycles. The van der Waals surface area contributed by atoms with Crippen LogP contribution in [0.1, 0.15) is 58.3 Å². The molecule has 0 aromatic heterocycles. The van der Waals surface area contributed by atoms with Gasteiger partial charge in [0, 0.05) is 0 Å². The van der Waals surface area contributed by atoms with E-state index >= 15 is 0 Å². The zero-order chi connectivity index (χ0) is 11.9. The van der Waals surface area contributed by atoms with Gasteiger partial charge in [0.1, 0.15) is 0 Å². The third-order valence-electron chi connectivity index (χ3n) is 2.45. The van der Waals surface area contributed by atoms with Crippen LogP contribution in [0.3, 0.4) is 0 Å². The van der Waals surface area contributed by atoms with Gasteiger partial charge in [-0.3, -0.25) is 0 Å². The van der Waals surface area contributed by atoms with Crippen LogP contribution in [0.25, 0.3) is 0 Å². The topological polar surface area (TPSA) is 0 Å². The molecule has 0 atom stereocenters. The summed E-state index contributed by atoms with van der Waals surface area (Å²) in [7, 11) is 0. The van der Waals surface area contributed by atoms with Gasteiger partial charge in [-0.25, -0.2) is 0 Å². The van der Waals surface area contributed by atoms with Crippen molar-refractivity contribution >= 4 is 0 Å². The Morgan fingerprint density at radius 3 is 1.81 bits per heavy atom. The van der Waals surface area contributed by atoms with Crippen LogP contribution in [0.2, 0.25) is 0 Å². The Morgan fingerprint density at radius 1 is 0.750 bits per heavy atom. The van der Waals surface area contributed by atoms with Crippen molar-refractivity contribution in [3.05, 3.63) is 43.4 Å². The summed E-state index contributed by atoms with van der Waals surface area (Å²) in [4.78, 5) is 0. The predicted molar refractivity (Wildman–Crippen MR) is 75.4 cm³/mol. The van der Waals surface area contributed by atoms with Gasteiger partial charge >= 0.3 is 0 Å². The predicted octanol–water partition coefficient (Wildman–Crippen LogP) is 5.63. The standard InChI is InChI=1S/C16H27/c1-3-5-7-9-11-13-15-16-14-12-10-8-6-4-2/h11-16H,1,3-10H2,2H3/b13-11+,14-12-,16-15+. The number of hydrogen-bond donors (Lipinski definition) is 0. The van der Waals surface area contributed by atoms with E-state index in [9.17, 15) is 0 Å². The first-order chi connectivity index (χ1) is 7.91. The van der Waals surface area contributed by atoms with Crippen molar-refractivity contribution in [2.45, 2.75) is 58.3 Å². The zero-order valence-corrected chi connectivity index (χ0v) is 10.8. The van der Waals surface area contributed by atoms with E-state index < -0.39 is 0 Å². The van der Waals surface area contributed by atoms with Gasteiger partial charge < -0.3 is 0 Å². The van der Waals surface area contributed by atoms with E-state index in [-0.39, 0.29) is 0 Å². The summed E-state index contributed by atoms with van der Waals surface area (Å²) in [6, 6.07) is 0. The van der Waals surface area contributed by atoms with Gasteiger partial charge in [-0.2, -0.15) is 0 Å². The lowest BCUT2D eigenvalue weighted by Gasteiger charge is -1.90. The quantitative estimate of drug-likeness (QED) is 0.330. The van der Waals surface area contributed by atoms with Crippen LogP contribution < -0.4 is 0 Å². The molecule has 0 N–H and O–H groups in total. The second-order valence-corrected chi connectivity index (χ2v) is 4.09. The second-order valence-electron chi connectivity index (χ2n) is 4.09. The molecule has 0 unspecified atom stereocenters. The Labute approximate surface area is 102 Å². The van der Waals surface area contributed by atoms with Gasteiger partial charge in [-0.1, -0.05) is 76.0 Å². The van der Waals surface area contributed by atoms with Crippen LogP contribution in [-0.2, 0) is 0 Å². The molecule has 0 rings (SSSR count). The Morgan fingerprint density at radius 2 is 1.31 bits per heavy atom. The normalized spacial score (nSPS) is 12.4. The molecule has 0 heteroatoms. The maximum absolute atomic E-state index is 3.83. The van der Waals surface area contributed by atoms with Gasteiger partial charge in [0.2, 0.25) is 0 Å². The van der Waals surface area contributed by atoms with Crippen molar-refractivity contribution in [2.75, 3.05) is 0 Å². The molecule has 0 heterocycles. The molecule has 0 bridgehead atoms. The first-order valence-corrected chi connectivity index (χ1v) is 6.69. The Bertz CT molecular complexity index is 174. The van der Waals surface area contributed by atoms with E-state index in [1.807, 2.05) is 0 Å². The van der Waals surface area contributed by atoms with Crippen molar-refractivity contribution < 1.29 is 0 Å². The lowest BCUT2D eigenvalue weighted by molar-refractivity contribution is 0.729. The molecular weight excluding hydrogens is 192 g/mol. The van der Waals surface area contributed by atoms with Gasteiger partial charge in [-0.05, 0) is 25.7 Å². The molecule has 0 aromatic carbocycles. The molecule has 0 amide bonds. The highest BCUT2D eigenvalue weighted by molar-refractivity contribution is 5.10. The van der Waals surface area contributed by atoms with Crippen molar-refractivity contribution in [1.29, 1.82) is 0 Å². The highest BCUT2D eigenvalue weighted by atomic mass is 13.9. The molecule has 1 radical (unpaired) electrons. The van der Waals surface area contributed by atoms with Gasteiger partial charge in [0.15, 0.2) is 0 Å². The molecular formula is C16H27. The summed E-state index contributed by atoms with van der Waals surface area (Å²) >= 11 is 0. The summed E-state index contributed by atoms with van der Waals surface area (Å²) in [5, 5.41) is 0. The van der Waals surface area contributed by atoms with Crippen LogP contribution >= 0.6 is 0 Å².